The summed E-state index contributed by atoms with van der Waals surface area (Å²) in [5.74, 6) is 1.30. The maximum atomic E-state index is 11.2. The average Bonchev–Trinajstić information content (AvgIpc) is 2.91. The third-order valence-corrected chi connectivity index (χ3v) is 8.11. The summed E-state index contributed by atoms with van der Waals surface area (Å²) in [4.78, 5) is 0. The highest BCUT2D eigenvalue weighted by molar-refractivity contribution is 6.03. The molecule has 0 bridgehead atoms. The maximum Gasteiger partial charge on any atom is 0.0809 e. The fourth-order valence-corrected chi connectivity index (χ4v) is 7.03. The van der Waals surface area contributed by atoms with Crippen LogP contribution in [0, 0.1) is 45.3 Å². The van der Waals surface area contributed by atoms with Crippen LogP contribution in [0.3, 0.4) is 0 Å². The number of aliphatic hydroxyl groups excluding tert-OH is 2. The van der Waals surface area contributed by atoms with Crippen molar-refractivity contribution in [1.29, 1.82) is 10.8 Å². The van der Waals surface area contributed by atoms with E-state index < -0.39 is 0 Å². The van der Waals surface area contributed by atoms with Gasteiger partial charge in [-0.2, -0.15) is 0 Å². The Bertz CT molecular complexity index is 681. The van der Waals surface area contributed by atoms with Crippen molar-refractivity contribution in [3.63, 3.8) is 0 Å². The van der Waals surface area contributed by atoms with Crippen LogP contribution < -0.4 is 0 Å². The van der Waals surface area contributed by atoms with Gasteiger partial charge < -0.3 is 21.0 Å². The van der Waals surface area contributed by atoms with Crippen LogP contribution in [0.2, 0.25) is 0 Å². The fraction of sp³-hybridized carbons (Fsp3) is 0.714. The van der Waals surface area contributed by atoms with Gasteiger partial charge in [0.15, 0.2) is 0 Å². The molecule has 0 aliphatic heterocycles. The number of hydrogen-bond acceptors (Lipinski definition) is 4. The zero-order valence-electron chi connectivity index (χ0n) is 15.3. The van der Waals surface area contributed by atoms with Gasteiger partial charge in [-0.15, -0.1) is 0 Å². The predicted octanol–water partition coefficient (Wildman–Crippen LogP) is 3.34. The molecule has 3 saturated carbocycles. The first-order valence-electron chi connectivity index (χ1n) is 9.66. The summed E-state index contributed by atoms with van der Waals surface area (Å²) >= 11 is 0. The first kappa shape index (κ1) is 17.2. The van der Waals surface area contributed by atoms with Crippen LogP contribution in [0.15, 0.2) is 23.8 Å². The van der Waals surface area contributed by atoms with E-state index in [-0.39, 0.29) is 35.4 Å². The molecular weight excluding hydrogens is 312 g/mol. The van der Waals surface area contributed by atoms with Crippen LogP contribution in [0.25, 0.3) is 0 Å². The number of allylic oxidation sites excluding steroid dienone is 4. The molecule has 7 atom stereocenters. The normalized spacial score (nSPS) is 48.4. The van der Waals surface area contributed by atoms with Gasteiger partial charge in [0.25, 0.3) is 0 Å². The molecule has 4 heteroatoms. The lowest BCUT2D eigenvalue weighted by Crippen LogP contribution is -2.56. The van der Waals surface area contributed by atoms with Crippen LogP contribution in [0.4, 0.5) is 0 Å². The highest BCUT2D eigenvalue weighted by Gasteiger charge is 2.61. The Balaban J connectivity index is 1.71. The van der Waals surface area contributed by atoms with E-state index in [9.17, 15) is 10.2 Å². The number of nitrogens with one attached hydrogen (secondary N) is 2. The van der Waals surface area contributed by atoms with Crippen molar-refractivity contribution < 1.29 is 10.2 Å². The van der Waals surface area contributed by atoms with Crippen molar-refractivity contribution in [2.45, 2.75) is 52.1 Å². The standard InChI is InChI=1S/C21H30N2O2/c1-20-8-7-13(22)9-12(20)3-4-14-15-5-6-16(17(23)11-24)21(15,2)10-18(25)19(14)20/h7-9,14-16,18-19,22-25H,3-6,10-11H2,1-2H3/t14?,15-,16?,18?,19+,20?,21?/m0/s1. The molecule has 0 spiro atoms. The molecule has 0 amide bonds. The molecule has 0 saturated heterocycles. The average molecular weight is 342 g/mol. The first-order valence-corrected chi connectivity index (χ1v) is 9.66. The van der Waals surface area contributed by atoms with Crippen LogP contribution in [-0.2, 0) is 0 Å². The smallest absolute Gasteiger partial charge is 0.0809 e. The van der Waals surface area contributed by atoms with Crippen molar-refractivity contribution in [3.05, 3.63) is 23.8 Å². The molecule has 25 heavy (non-hydrogen) atoms. The molecule has 4 N–H and O–H groups in total. The topological polar surface area (TPSA) is 88.2 Å². The molecule has 4 aliphatic rings. The van der Waals surface area contributed by atoms with Crippen LogP contribution in [0.5, 0.6) is 0 Å². The highest BCUT2D eigenvalue weighted by atomic mass is 16.3. The van der Waals surface area contributed by atoms with Gasteiger partial charge in [0.1, 0.15) is 0 Å². The van der Waals surface area contributed by atoms with E-state index in [1.54, 1.807) is 0 Å². The number of rotatable bonds is 2. The van der Waals surface area contributed by atoms with Gasteiger partial charge in [-0.25, -0.2) is 0 Å². The molecular formula is C21H30N2O2. The maximum absolute atomic E-state index is 11.2. The lowest BCUT2D eigenvalue weighted by molar-refractivity contribution is -0.109. The van der Waals surface area contributed by atoms with Crippen molar-refractivity contribution >= 4 is 11.4 Å². The molecule has 0 radical (unpaired) electrons. The van der Waals surface area contributed by atoms with Gasteiger partial charge in [0, 0.05) is 23.0 Å². The summed E-state index contributed by atoms with van der Waals surface area (Å²) in [5.41, 5.74) is 2.11. The zero-order valence-corrected chi connectivity index (χ0v) is 15.3. The third kappa shape index (κ3) is 2.26. The largest absolute Gasteiger partial charge is 0.393 e. The second-order valence-corrected chi connectivity index (χ2v) is 9.17. The van der Waals surface area contributed by atoms with Crippen molar-refractivity contribution in [2.24, 2.45) is 34.5 Å². The molecule has 4 aliphatic carbocycles. The van der Waals surface area contributed by atoms with Crippen LogP contribution in [-0.4, -0.2) is 34.3 Å². The van der Waals surface area contributed by atoms with E-state index in [0.29, 0.717) is 23.3 Å². The zero-order chi connectivity index (χ0) is 18.0. The third-order valence-electron chi connectivity index (χ3n) is 8.11. The quantitative estimate of drug-likeness (QED) is 0.580. The van der Waals surface area contributed by atoms with Crippen LogP contribution >= 0.6 is 0 Å². The summed E-state index contributed by atoms with van der Waals surface area (Å²) in [7, 11) is 0. The Morgan fingerprint density at radius 2 is 2.04 bits per heavy atom. The number of hydrogen-bond donors (Lipinski definition) is 4. The summed E-state index contributed by atoms with van der Waals surface area (Å²) < 4.78 is 0. The van der Waals surface area contributed by atoms with Crippen molar-refractivity contribution in [1.82, 2.24) is 0 Å². The lowest BCUT2D eigenvalue weighted by Gasteiger charge is -2.59. The van der Waals surface area contributed by atoms with Gasteiger partial charge in [0.05, 0.1) is 18.4 Å². The fourth-order valence-electron chi connectivity index (χ4n) is 7.03. The van der Waals surface area contributed by atoms with Gasteiger partial charge >= 0.3 is 0 Å². The number of fused-ring (bicyclic) bond motifs is 5. The van der Waals surface area contributed by atoms with E-state index >= 15 is 0 Å². The Morgan fingerprint density at radius 1 is 1.28 bits per heavy atom. The molecule has 0 heterocycles. The summed E-state index contributed by atoms with van der Waals surface area (Å²) in [5, 5.41) is 36.9. The minimum atomic E-state index is -0.385. The summed E-state index contributed by atoms with van der Waals surface area (Å²) in [6.45, 7) is 4.33. The molecule has 4 nitrogen and oxygen atoms in total. The van der Waals surface area contributed by atoms with Gasteiger partial charge in [-0.3, -0.25) is 0 Å². The van der Waals surface area contributed by atoms with Gasteiger partial charge in [-0.05, 0) is 61.5 Å². The van der Waals surface area contributed by atoms with Gasteiger partial charge in [-0.1, -0.05) is 25.5 Å². The monoisotopic (exact) mass is 342 g/mol. The van der Waals surface area contributed by atoms with Crippen molar-refractivity contribution in [2.75, 3.05) is 6.61 Å². The van der Waals surface area contributed by atoms with E-state index in [1.807, 2.05) is 12.2 Å². The minimum Gasteiger partial charge on any atom is -0.393 e. The van der Waals surface area contributed by atoms with E-state index in [4.69, 9.17) is 10.8 Å². The van der Waals surface area contributed by atoms with E-state index in [1.165, 1.54) is 5.57 Å². The molecule has 4 rings (SSSR count). The predicted molar refractivity (Wildman–Crippen MR) is 99.0 cm³/mol. The van der Waals surface area contributed by atoms with Crippen molar-refractivity contribution in [3.8, 4) is 0 Å². The Kier molecular flexibility index (Phi) is 3.86. The first-order chi connectivity index (χ1) is 11.8. The Morgan fingerprint density at radius 3 is 2.76 bits per heavy atom. The van der Waals surface area contributed by atoms with Gasteiger partial charge in [0.2, 0.25) is 0 Å². The Hall–Kier alpha value is -1.26. The lowest BCUT2D eigenvalue weighted by atomic mass is 9.46. The molecule has 5 unspecified atom stereocenters. The van der Waals surface area contributed by atoms with E-state index in [2.05, 4.69) is 19.9 Å². The second-order valence-electron chi connectivity index (χ2n) is 9.17. The summed E-state index contributed by atoms with van der Waals surface area (Å²) in [6, 6.07) is 0. The molecule has 0 aromatic carbocycles. The number of aliphatic hydroxyl groups is 2. The molecule has 3 fully saturated rings. The SMILES string of the molecule is CC12C=CC(=N)C=C1CCC1[C@@H]2C(O)CC2(C)C(C(=N)CO)CC[C@@H]12. The van der Waals surface area contributed by atoms with E-state index in [0.717, 1.165) is 32.1 Å². The second kappa shape index (κ2) is 5.62. The molecule has 0 aromatic rings. The summed E-state index contributed by atoms with van der Waals surface area (Å²) in [6.07, 6.45) is 10.6. The molecule has 136 valence electrons. The molecule has 0 aromatic heterocycles. The van der Waals surface area contributed by atoms with Crippen LogP contribution in [0.1, 0.15) is 46.0 Å². The minimum absolute atomic E-state index is 0.0664. The Labute approximate surface area is 150 Å². The highest BCUT2D eigenvalue weighted by Crippen LogP contribution is 2.66.